The van der Waals surface area contributed by atoms with Crippen LogP contribution in [0.15, 0.2) is 54.9 Å². The number of alkyl halides is 3. The number of ether oxygens (including phenoxy) is 1. The summed E-state index contributed by atoms with van der Waals surface area (Å²) in [7, 11) is 1.34. The van der Waals surface area contributed by atoms with Gasteiger partial charge in [0.2, 0.25) is 5.91 Å². The quantitative estimate of drug-likeness (QED) is 0.611. The highest BCUT2D eigenvalue weighted by Crippen LogP contribution is 2.35. The largest absolute Gasteiger partial charge is 0.495 e. The number of carbonyl (C=O) groups is 1. The molecule has 1 N–H and O–H groups in total. The van der Waals surface area contributed by atoms with Crippen molar-refractivity contribution in [3.63, 3.8) is 0 Å². The number of hydrogen-bond acceptors (Lipinski definition) is 6. The van der Waals surface area contributed by atoms with Gasteiger partial charge in [0.05, 0.1) is 24.1 Å². The minimum atomic E-state index is -4.51. The lowest BCUT2D eigenvalue weighted by Gasteiger charge is -2.32. The highest BCUT2D eigenvalue weighted by Gasteiger charge is 2.32. The zero-order valence-electron chi connectivity index (χ0n) is 17.8. The predicted molar refractivity (Wildman–Crippen MR) is 117 cm³/mol. The molecular formula is C23H22F3N5O2. The molecule has 0 radical (unpaired) electrons. The Kier molecular flexibility index (Phi) is 6.43. The molecule has 0 saturated carbocycles. The van der Waals surface area contributed by atoms with Gasteiger partial charge in [-0.2, -0.15) is 13.2 Å². The van der Waals surface area contributed by atoms with Gasteiger partial charge in [0.15, 0.2) is 5.82 Å². The number of nitrogens with zero attached hydrogens (tertiary/aromatic N) is 4. The number of halogens is 3. The van der Waals surface area contributed by atoms with E-state index in [4.69, 9.17) is 4.74 Å². The van der Waals surface area contributed by atoms with E-state index in [-0.39, 0.29) is 23.3 Å². The van der Waals surface area contributed by atoms with Crippen molar-refractivity contribution in [2.45, 2.75) is 19.0 Å². The molecule has 10 heteroatoms. The second kappa shape index (κ2) is 9.43. The monoisotopic (exact) mass is 457 g/mol. The van der Waals surface area contributed by atoms with Crippen LogP contribution in [0, 0.1) is 5.92 Å². The number of carbonyl (C=O) groups excluding carboxylic acids is 1. The molecule has 2 aromatic heterocycles. The topological polar surface area (TPSA) is 80.2 Å². The van der Waals surface area contributed by atoms with Gasteiger partial charge in [-0.3, -0.25) is 9.78 Å². The van der Waals surface area contributed by atoms with Crippen molar-refractivity contribution >= 4 is 17.4 Å². The summed E-state index contributed by atoms with van der Waals surface area (Å²) < 4.78 is 44.3. The number of anilines is 2. The molecule has 0 unspecified atom stereocenters. The van der Waals surface area contributed by atoms with Crippen LogP contribution in [-0.4, -0.2) is 41.3 Å². The molecule has 1 saturated heterocycles. The van der Waals surface area contributed by atoms with Gasteiger partial charge in [0.1, 0.15) is 5.75 Å². The third-order valence-corrected chi connectivity index (χ3v) is 5.60. The Labute approximate surface area is 188 Å². The van der Waals surface area contributed by atoms with Crippen LogP contribution in [-0.2, 0) is 11.0 Å². The molecule has 0 spiro atoms. The second-order valence-electron chi connectivity index (χ2n) is 7.68. The Morgan fingerprint density at radius 2 is 1.79 bits per heavy atom. The van der Waals surface area contributed by atoms with Crippen LogP contribution in [0.25, 0.3) is 11.3 Å². The molecule has 0 aliphatic carbocycles. The van der Waals surface area contributed by atoms with Crippen LogP contribution in [0.4, 0.5) is 24.7 Å². The number of piperidine rings is 1. The van der Waals surface area contributed by atoms with E-state index in [0.29, 0.717) is 31.7 Å². The normalized spacial score (nSPS) is 14.7. The SMILES string of the molecule is COc1ccc(C(F)(F)F)cc1NC(=O)C1CCN(c2ccc(-c3ccncc3)nn2)CC1. The number of rotatable bonds is 5. The lowest BCUT2D eigenvalue weighted by Crippen LogP contribution is -2.38. The molecule has 1 fully saturated rings. The molecule has 33 heavy (non-hydrogen) atoms. The Hall–Kier alpha value is -3.69. The van der Waals surface area contributed by atoms with Crippen molar-refractivity contribution in [3.05, 3.63) is 60.4 Å². The molecule has 3 aromatic rings. The summed E-state index contributed by atoms with van der Waals surface area (Å²) in [6.07, 6.45) is -0.0434. The van der Waals surface area contributed by atoms with Gasteiger partial charge in [-0.05, 0) is 55.3 Å². The fourth-order valence-corrected chi connectivity index (χ4v) is 3.76. The lowest BCUT2D eigenvalue weighted by atomic mass is 9.95. The third-order valence-electron chi connectivity index (χ3n) is 5.60. The maximum atomic E-state index is 13.0. The van der Waals surface area contributed by atoms with Gasteiger partial charge >= 0.3 is 6.18 Å². The molecule has 1 amide bonds. The molecule has 3 heterocycles. The summed E-state index contributed by atoms with van der Waals surface area (Å²) in [4.78, 5) is 18.8. The molecular weight excluding hydrogens is 435 g/mol. The average Bonchev–Trinajstić information content (AvgIpc) is 2.84. The lowest BCUT2D eigenvalue weighted by molar-refractivity contribution is -0.137. The molecule has 7 nitrogen and oxygen atoms in total. The smallest absolute Gasteiger partial charge is 0.416 e. The molecule has 1 aliphatic heterocycles. The van der Waals surface area contributed by atoms with Gasteiger partial charge in [-0.25, -0.2) is 0 Å². The number of methoxy groups -OCH3 is 1. The van der Waals surface area contributed by atoms with Crippen LogP contribution in [0.2, 0.25) is 0 Å². The van der Waals surface area contributed by atoms with E-state index in [1.165, 1.54) is 13.2 Å². The third kappa shape index (κ3) is 5.21. The van der Waals surface area contributed by atoms with Crippen molar-refractivity contribution in [1.29, 1.82) is 0 Å². The first kappa shape index (κ1) is 22.5. The number of hydrogen-bond donors (Lipinski definition) is 1. The van der Waals surface area contributed by atoms with E-state index in [1.54, 1.807) is 12.4 Å². The van der Waals surface area contributed by atoms with E-state index in [0.717, 1.165) is 23.4 Å². The zero-order valence-corrected chi connectivity index (χ0v) is 17.8. The first-order valence-electron chi connectivity index (χ1n) is 10.4. The first-order valence-corrected chi connectivity index (χ1v) is 10.4. The van der Waals surface area contributed by atoms with Crippen molar-refractivity contribution in [2.24, 2.45) is 5.92 Å². The fraction of sp³-hybridized carbons (Fsp3) is 0.304. The van der Waals surface area contributed by atoms with Crippen molar-refractivity contribution < 1.29 is 22.7 Å². The standard InChI is InChI=1S/C23H22F3N5O2/c1-33-20-4-2-17(23(24,25)26)14-19(20)28-22(32)16-8-12-31(13-9-16)21-5-3-18(29-30-21)15-6-10-27-11-7-15/h2-7,10-11,14,16H,8-9,12-13H2,1H3,(H,28,32). The van der Waals surface area contributed by atoms with E-state index < -0.39 is 11.7 Å². The minimum Gasteiger partial charge on any atom is -0.495 e. The van der Waals surface area contributed by atoms with Crippen LogP contribution >= 0.6 is 0 Å². The fourth-order valence-electron chi connectivity index (χ4n) is 3.76. The Balaban J connectivity index is 1.38. The summed E-state index contributed by atoms with van der Waals surface area (Å²) in [6, 6.07) is 10.5. The average molecular weight is 457 g/mol. The molecule has 0 bridgehead atoms. The van der Waals surface area contributed by atoms with Crippen LogP contribution in [0.1, 0.15) is 18.4 Å². The van der Waals surface area contributed by atoms with Gasteiger partial charge in [0.25, 0.3) is 0 Å². The van der Waals surface area contributed by atoms with E-state index in [9.17, 15) is 18.0 Å². The molecule has 0 atom stereocenters. The van der Waals surface area contributed by atoms with Crippen LogP contribution in [0.3, 0.4) is 0 Å². The summed E-state index contributed by atoms with van der Waals surface area (Å²) >= 11 is 0. The maximum absolute atomic E-state index is 13.0. The summed E-state index contributed by atoms with van der Waals surface area (Å²) in [6.45, 7) is 1.17. The van der Waals surface area contributed by atoms with Crippen molar-refractivity contribution in [2.75, 3.05) is 30.4 Å². The van der Waals surface area contributed by atoms with E-state index in [2.05, 4.69) is 20.5 Å². The highest BCUT2D eigenvalue weighted by molar-refractivity contribution is 5.94. The molecule has 1 aromatic carbocycles. The van der Waals surface area contributed by atoms with E-state index in [1.807, 2.05) is 29.2 Å². The van der Waals surface area contributed by atoms with Crippen LogP contribution in [0.5, 0.6) is 5.75 Å². The molecule has 4 rings (SSSR count). The number of nitrogens with one attached hydrogen (secondary N) is 1. The van der Waals surface area contributed by atoms with Gasteiger partial charge in [0, 0.05) is 37.0 Å². The predicted octanol–water partition coefficient (Wildman–Crippen LogP) is 4.42. The number of amides is 1. The highest BCUT2D eigenvalue weighted by atomic mass is 19.4. The number of benzene rings is 1. The zero-order chi connectivity index (χ0) is 23.4. The number of pyridine rings is 1. The summed E-state index contributed by atoms with van der Waals surface area (Å²) in [5.74, 6) is 0.237. The van der Waals surface area contributed by atoms with Crippen molar-refractivity contribution in [3.8, 4) is 17.0 Å². The molecule has 172 valence electrons. The summed E-state index contributed by atoms with van der Waals surface area (Å²) in [5, 5.41) is 11.2. The van der Waals surface area contributed by atoms with E-state index >= 15 is 0 Å². The second-order valence-corrected chi connectivity index (χ2v) is 7.68. The van der Waals surface area contributed by atoms with Gasteiger partial charge in [-0.1, -0.05) is 0 Å². The Bertz CT molecular complexity index is 1100. The minimum absolute atomic E-state index is 0.0114. The van der Waals surface area contributed by atoms with Crippen LogP contribution < -0.4 is 15.0 Å². The Morgan fingerprint density at radius 3 is 2.39 bits per heavy atom. The Morgan fingerprint density at radius 1 is 1.06 bits per heavy atom. The van der Waals surface area contributed by atoms with Crippen molar-refractivity contribution in [1.82, 2.24) is 15.2 Å². The van der Waals surface area contributed by atoms with Gasteiger partial charge in [-0.15, -0.1) is 10.2 Å². The summed E-state index contributed by atoms with van der Waals surface area (Å²) in [5.41, 5.74) is 0.828. The van der Waals surface area contributed by atoms with Gasteiger partial charge < -0.3 is 15.0 Å². The number of aromatic nitrogens is 3. The molecule has 1 aliphatic rings. The maximum Gasteiger partial charge on any atom is 0.416 e. The first-order chi connectivity index (χ1) is 15.8.